The van der Waals surface area contributed by atoms with Gasteiger partial charge in [-0.05, 0) is 48.6 Å². The van der Waals surface area contributed by atoms with Crippen LogP contribution in [0.25, 0.3) is 12.2 Å². The lowest BCUT2D eigenvalue weighted by molar-refractivity contribution is 1.26. The van der Waals surface area contributed by atoms with Crippen LogP contribution >= 0.6 is 0 Å². The van der Waals surface area contributed by atoms with Gasteiger partial charge in [-0.15, -0.1) is 0 Å². The fraction of sp³-hybridized carbons (Fsp3) is 0.176. The Balaban J connectivity index is 2.28. The van der Waals surface area contributed by atoms with E-state index >= 15 is 0 Å². The van der Waals surface area contributed by atoms with Crippen LogP contribution in [0.2, 0.25) is 0 Å². The molecule has 2 rings (SSSR count). The van der Waals surface area contributed by atoms with Crippen LogP contribution in [0.4, 0.5) is 0 Å². The topological polar surface area (TPSA) is 0 Å². The molecule has 0 aliphatic carbocycles. The number of hydrogen-bond acceptors (Lipinski definition) is 0. The summed E-state index contributed by atoms with van der Waals surface area (Å²) in [4.78, 5) is 0. The van der Waals surface area contributed by atoms with Crippen LogP contribution in [-0.2, 0) is 0 Å². The largest absolute Gasteiger partial charge is 0.0622 e. The third-order valence-corrected chi connectivity index (χ3v) is 3.22. The second-order valence-corrected chi connectivity index (χ2v) is 4.52. The Kier molecular flexibility index (Phi) is 3.43. The molecule has 0 nitrogen and oxygen atoms in total. The zero-order chi connectivity index (χ0) is 12.3. The van der Waals surface area contributed by atoms with Crippen molar-refractivity contribution >= 4 is 12.2 Å². The Bertz CT molecular complexity index is 510. The summed E-state index contributed by atoms with van der Waals surface area (Å²) in [6.07, 6.45) is 4.33. The molecule has 0 N–H and O–H groups in total. The molecule has 0 saturated carbocycles. The maximum Gasteiger partial charge on any atom is -0.0251 e. The Morgan fingerprint density at radius 2 is 1.24 bits per heavy atom. The van der Waals surface area contributed by atoms with E-state index in [4.69, 9.17) is 0 Å². The van der Waals surface area contributed by atoms with Gasteiger partial charge in [0.2, 0.25) is 0 Å². The highest BCUT2D eigenvalue weighted by Crippen LogP contribution is 2.17. The lowest BCUT2D eigenvalue weighted by atomic mass is 10.00. The number of benzene rings is 2. The number of aryl methyl sites for hydroxylation is 2. The molecule has 0 heterocycles. The molecular weight excluding hydrogens is 204 g/mol. The zero-order valence-electron chi connectivity index (χ0n) is 10.7. The lowest BCUT2D eigenvalue weighted by Gasteiger charge is -2.06. The highest BCUT2D eigenvalue weighted by molar-refractivity contribution is 5.70. The van der Waals surface area contributed by atoms with E-state index < -0.39 is 0 Å². The second kappa shape index (κ2) is 5.01. The van der Waals surface area contributed by atoms with Gasteiger partial charge in [0, 0.05) is 0 Å². The molecular formula is C17H18. The molecule has 0 fully saturated rings. The molecule has 0 heteroatoms. The summed E-state index contributed by atoms with van der Waals surface area (Å²) in [5, 5.41) is 0. The third-order valence-electron chi connectivity index (χ3n) is 3.22. The molecule has 0 aromatic heterocycles. The maximum atomic E-state index is 2.24. The zero-order valence-corrected chi connectivity index (χ0v) is 10.7. The van der Waals surface area contributed by atoms with Crippen LogP contribution in [-0.4, -0.2) is 0 Å². The molecule has 0 saturated heterocycles. The van der Waals surface area contributed by atoms with Gasteiger partial charge in [-0.25, -0.2) is 0 Å². The summed E-state index contributed by atoms with van der Waals surface area (Å²) in [7, 11) is 0. The second-order valence-electron chi connectivity index (χ2n) is 4.52. The Labute approximate surface area is 104 Å². The van der Waals surface area contributed by atoms with Crippen molar-refractivity contribution in [3.8, 4) is 0 Å². The summed E-state index contributed by atoms with van der Waals surface area (Å²) in [6, 6.07) is 14.9. The van der Waals surface area contributed by atoms with Crippen LogP contribution in [0.5, 0.6) is 0 Å². The quantitative estimate of drug-likeness (QED) is 0.641. The smallest absolute Gasteiger partial charge is 0.0251 e. The highest BCUT2D eigenvalue weighted by Gasteiger charge is 1.98. The molecule has 17 heavy (non-hydrogen) atoms. The van der Waals surface area contributed by atoms with E-state index in [1.807, 2.05) is 6.07 Å². The molecule has 2 aromatic rings. The highest BCUT2D eigenvalue weighted by atomic mass is 14.0. The van der Waals surface area contributed by atoms with E-state index in [1.165, 1.54) is 27.8 Å². The fourth-order valence-electron chi connectivity index (χ4n) is 1.92. The average molecular weight is 222 g/mol. The fourth-order valence-corrected chi connectivity index (χ4v) is 1.92. The summed E-state index contributed by atoms with van der Waals surface area (Å²) >= 11 is 0. The molecule has 0 radical (unpaired) electrons. The van der Waals surface area contributed by atoms with Gasteiger partial charge < -0.3 is 0 Å². The van der Waals surface area contributed by atoms with Crippen LogP contribution < -0.4 is 0 Å². The molecule has 0 spiro atoms. The van der Waals surface area contributed by atoms with Crippen molar-refractivity contribution in [1.82, 2.24) is 0 Å². The van der Waals surface area contributed by atoms with Gasteiger partial charge in [-0.1, -0.05) is 54.6 Å². The normalized spacial score (nSPS) is 11.0. The van der Waals surface area contributed by atoms with Crippen LogP contribution in [0.15, 0.2) is 42.5 Å². The summed E-state index contributed by atoms with van der Waals surface area (Å²) in [5.41, 5.74) is 6.62. The number of hydrogen-bond donors (Lipinski definition) is 0. The van der Waals surface area contributed by atoms with Crippen molar-refractivity contribution in [3.63, 3.8) is 0 Å². The van der Waals surface area contributed by atoms with Crippen LogP contribution in [0, 0.1) is 20.8 Å². The van der Waals surface area contributed by atoms with E-state index in [0.29, 0.717) is 0 Å². The van der Waals surface area contributed by atoms with Crippen molar-refractivity contribution in [3.05, 3.63) is 70.3 Å². The minimum absolute atomic E-state index is 1.24. The monoisotopic (exact) mass is 222 g/mol. The Morgan fingerprint density at radius 1 is 0.706 bits per heavy atom. The van der Waals surface area contributed by atoms with Crippen LogP contribution in [0.1, 0.15) is 27.8 Å². The van der Waals surface area contributed by atoms with Gasteiger partial charge >= 0.3 is 0 Å². The minimum atomic E-state index is 1.24. The van der Waals surface area contributed by atoms with Gasteiger partial charge in [0.25, 0.3) is 0 Å². The average Bonchev–Trinajstić information content (AvgIpc) is 2.34. The van der Waals surface area contributed by atoms with Gasteiger partial charge in [-0.3, -0.25) is 0 Å². The van der Waals surface area contributed by atoms with E-state index in [2.05, 4.69) is 69.3 Å². The first-order valence-corrected chi connectivity index (χ1v) is 5.98. The molecule has 0 bridgehead atoms. The summed E-state index contributed by atoms with van der Waals surface area (Å²) in [5.74, 6) is 0. The van der Waals surface area contributed by atoms with Crippen molar-refractivity contribution in [1.29, 1.82) is 0 Å². The van der Waals surface area contributed by atoms with Gasteiger partial charge in [0.05, 0.1) is 0 Å². The maximum absolute atomic E-state index is 2.24. The first-order valence-electron chi connectivity index (χ1n) is 5.98. The van der Waals surface area contributed by atoms with Gasteiger partial charge in [-0.2, -0.15) is 0 Å². The SMILES string of the molecule is Cc1cc(/C=C/c2ccccc2)cc(C)c1C. The molecule has 2 aromatic carbocycles. The Hall–Kier alpha value is -1.82. The lowest BCUT2D eigenvalue weighted by Crippen LogP contribution is -1.87. The van der Waals surface area contributed by atoms with Crippen molar-refractivity contribution < 1.29 is 0 Å². The summed E-state index contributed by atoms with van der Waals surface area (Å²) < 4.78 is 0. The predicted molar refractivity (Wildman–Crippen MR) is 76.0 cm³/mol. The molecule has 0 aliphatic rings. The first kappa shape index (κ1) is 11.7. The number of rotatable bonds is 2. The molecule has 0 unspecified atom stereocenters. The minimum Gasteiger partial charge on any atom is -0.0622 e. The van der Waals surface area contributed by atoms with Gasteiger partial charge in [0.1, 0.15) is 0 Å². The molecule has 0 aliphatic heterocycles. The van der Waals surface area contributed by atoms with Gasteiger partial charge in [0.15, 0.2) is 0 Å². The predicted octanol–water partition coefficient (Wildman–Crippen LogP) is 4.78. The summed E-state index contributed by atoms with van der Waals surface area (Å²) in [6.45, 7) is 6.51. The van der Waals surface area contributed by atoms with E-state index in [9.17, 15) is 0 Å². The van der Waals surface area contributed by atoms with Crippen molar-refractivity contribution in [2.45, 2.75) is 20.8 Å². The molecule has 0 atom stereocenters. The first-order chi connectivity index (χ1) is 8.16. The molecule has 86 valence electrons. The van der Waals surface area contributed by atoms with Crippen LogP contribution in [0.3, 0.4) is 0 Å². The van der Waals surface area contributed by atoms with E-state index in [1.54, 1.807) is 0 Å². The van der Waals surface area contributed by atoms with Crippen molar-refractivity contribution in [2.24, 2.45) is 0 Å². The van der Waals surface area contributed by atoms with Crippen molar-refractivity contribution in [2.75, 3.05) is 0 Å². The Morgan fingerprint density at radius 3 is 1.82 bits per heavy atom. The standard InChI is InChI=1S/C17H18/c1-13-11-17(12-14(2)15(13)3)10-9-16-7-5-4-6-8-16/h4-12H,1-3H3/b10-9+. The van der Waals surface area contributed by atoms with E-state index in [-0.39, 0.29) is 0 Å². The molecule has 0 amide bonds. The van der Waals surface area contributed by atoms with E-state index in [0.717, 1.165) is 0 Å². The third kappa shape index (κ3) is 2.85.